The van der Waals surface area contributed by atoms with Gasteiger partial charge in [-0.25, -0.2) is 0 Å². The van der Waals surface area contributed by atoms with Crippen LogP contribution in [-0.2, 0) is 13.5 Å². The number of nitrogens with zero attached hydrogens (tertiary/aromatic N) is 2. The predicted molar refractivity (Wildman–Crippen MR) is 69.6 cm³/mol. The zero-order valence-corrected chi connectivity index (χ0v) is 10.9. The predicted octanol–water partition coefficient (Wildman–Crippen LogP) is 2.01. The molecule has 0 spiro atoms. The molecule has 0 bridgehead atoms. The zero-order valence-electron chi connectivity index (χ0n) is 10.9. The normalized spacial score (nSPS) is 12.4. The van der Waals surface area contributed by atoms with Crippen LogP contribution in [0.3, 0.4) is 0 Å². The van der Waals surface area contributed by atoms with Crippen molar-refractivity contribution in [3.05, 3.63) is 47.3 Å². The number of rotatable bonds is 4. The fraction of sp³-hybridized carbons (Fsp3) is 0.357. The Hall–Kier alpha value is -1.81. The molecule has 0 fully saturated rings. The number of benzene rings is 1. The zero-order chi connectivity index (χ0) is 13.1. The van der Waals surface area contributed by atoms with Gasteiger partial charge < -0.3 is 9.84 Å². The first-order valence-electron chi connectivity index (χ1n) is 5.91. The average Bonchev–Trinajstić information content (AvgIpc) is 2.74. The van der Waals surface area contributed by atoms with Gasteiger partial charge >= 0.3 is 0 Å². The molecular formula is C14H18N2O2. The molecule has 0 saturated heterocycles. The molecule has 0 aliphatic carbocycles. The Balaban J connectivity index is 2.20. The summed E-state index contributed by atoms with van der Waals surface area (Å²) in [6.45, 7) is 2.00. The van der Waals surface area contributed by atoms with Crippen molar-refractivity contribution in [3.8, 4) is 5.75 Å². The lowest BCUT2D eigenvalue weighted by Crippen LogP contribution is -2.05. The summed E-state index contributed by atoms with van der Waals surface area (Å²) in [7, 11) is 3.48. The minimum absolute atomic E-state index is 0.486. The van der Waals surface area contributed by atoms with Crippen molar-refractivity contribution in [3.63, 3.8) is 0 Å². The number of aliphatic hydroxyl groups is 1. The SMILES string of the molecule is COc1cc(C)ccc1C(O)Cc1ccn(C)n1. The summed E-state index contributed by atoms with van der Waals surface area (Å²) in [6.07, 6.45) is 1.75. The molecule has 1 aromatic carbocycles. The molecule has 4 heteroatoms. The molecule has 1 heterocycles. The maximum Gasteiger partial charge on any atom is 0.124 e. The Bertz CT molecular complexity index is 534. The van der Waals surface area contributed by atoms with E-state index in [9.17, 15) is 5.11 Å². The van der Waals surface area contributed by atoms with E-state index in [0.29, 0.717) is 6.42 Å². The Morgan fingerprint density at radius 2 is 2.17 bits per heavy atom. The highest BCUT2D eigenvalue weighted by molar-refractivity contribution is 5.39. The summed E-state index contributed by atoms with van der Waals surface area (Å²) in [6, 6.07) is 7.71. The van der Waals surface area contributed by atoms with Gasteiger partial charge in [0.2, 0.25) is 0 Å². The van der Waals surface area contributed by atoms with Gasteiger partial charge in [0.15, 0.2) is 0 Å². The molecule has 1 aromatic heterocycles. The smallest absolute Gasteiger partial charge is 0.124 e. The minimum Gasteiger partial charge on any atom is -0.496 e. The highest BCUT2D eigenvalue weighted by Gasteiger charge is 2.15. The van der Waals surface area contributed by atoms with Crippen LogP contribution in [0.2, 0.25) is 0 Å². The largest absolute Gasteiger partial charge is 0.496 e. The lowest BCUT2D eigenvalue weighted by molar-refractivity contribution is 0.172. The minimum atomic E-state index is -0.601. The molecule has 0 saturated carbocycles. The number of methoxy groups -OCH3 is 1. The average molecular weight is 246 g/mol. The van der Waals surface area contributed by atoms with Gasteiger partial charge in [-0.15, -0.1) is 0 Å². The molecule has 1 unspecified atom stereocenters. The van der Waals surface area contributed by atoms with Gasteiger partial charge in [-0.05, 0) is 24.6 Å². The van der Waals surface area contributed by atoms with E-state index in [1.54, 1.807) is 11.8 Å². The maximum absolute atomic E-state index is 10.3. The number of aryl methyl sites for hydroxylation is 2. The summed E-state index contributed by atoms with van der Waals surface area (Å²) in [5.74, 6) is 0.721. The maximum atomic E-state index is 10.3. The number of hydrogen-bond acceptors (Lipinski definition) is 3. The van der Waals surface area contributed by atoms with Crippen LogP contribution in [0, 0.1) is 6.92 Å². The molecule has 0 aliphatic heterocycles. The molecule has 2 rings (SSSR count). The second-order valence-corrected chi connectivity index (χ2v) is 4.45. The standard InChI is InChI=1S/C14H18N2O2/c1-10-4-5-12(14(8-10)18-3)13(17)9-11-6-7-16(2)15-11/h4-8,13,17H,9H2,1-3H3. The third kappa shape index (κ3) is 2.71. The van der Waals surface area contributed by atoms with E-state index in [1.165, 1.54) is 0 Å². The quantitative estimate of drug-likeness (QED) is 0.897. The summed E-state index contributed by atoms with van der Waals surface area (Å²) >= 11 is 0. The van der Waals surface area contributed by atoms with Crippen LogP contribution in [0.5, 0.6) is 5.75 Å². The number of hydrogen-bond donors (Lipinski definition) is 1. The van der Waals surface area contributed by atoms with Gasteiger partial charge in [0.1, 0.15) is 5.75 Å². The van der Waals surface area contributed by atoms with E-state index in [2.05, 4.69) is 5.10 Å². The van der Waals surface area contributed by atoms with Crippen LogP contribution in [0.1, 0.15) is 22.9 Å². The summed E-state index contributed by atoms with van der Waals surface area (Å²) in [5, 5.41) is 14.5. The van der Waals surface area contributed by atoms with Gasteiger partial charge in [0.25, 0.3) is 0 Å². The van der Waals surface area contributed by atoms with Crippen molar-refractivity contribution in [2.45, 2.75) is 19.4 Å². The van der Waals surface area contributed by atoms with Gasteiger partial charge in [-0.1, -0.05) is 12.1 Å². The Morgan fingerprint density at radius 3 is 2.78 bits per heavy atom. The Kier molecular flexibility index (Phi) is 3.67. The number of aromatic nitrogens is 2. The van der Waals surface area contributed by atoms with Gasteiger partial charge in [0.05, 0.1) is 18.9 Å². The van der Waals surface area contributed by atoms with Crippen LogP contribution in [0.15, 0.2) is 30.5 Å². The van der Waals surface area contributed by atoms with E-state index in [-0.39, 0.29) is 0 Å². The molecule has 4 nitrogen and oxygen atoms in total. The molecule has 96 valence electrons. The summed E-state index contributed by atoms with van der Waals surface area (Å²) in [4.78, 5) is 0. The molecule has 1 N–H and O–H groups in total. The van der Waals surface area contributed by atoms with E-state index in [0.717, 1.165) is 22.6 Å². The monoisotopic (exact) mass is 246 g/mol. The van der Waals surface area contributed by atoms with Crippen LogP contribution < -0.4 is 4.74 Å². The van der Waals surface area contributed by atoms with Crippen molar-refractivity contribution in [1.29, 1.82) is 0 Å². The lowest BCUT2D eigenvalue weighted by atomic mass is 10.0. The van der Waals surface area contributed by atoms with Crippen molar-refractivity contribution in [2.75, 3.05) is 7.11 Å². The Labute approximate surface area is 107 Å². The molecule has 18 heavy (non-hydrogen) atoms. The first-order chi connectivity index (χ1) is 8.60. The summed E-state index contributed by atoms with van der Waals surface area (Å²) in [5.41, 5.74) is 2.78. The van der Waals surface area contributed by atoms with E-state index < -0.39 is 6.10 Å². The van der Waals surface area contributed by atoms with E-state index in [4.69, 9.17) is 4.74 Å². The molecule has 0 amide bonds. The lowest BCUT2D eigenvalue weighted by Gasteiger charge is -2.14. The van der Waals surface area contributed by atoms with Crippen LogP contribution >= 0.6 is 0 Å². The fourth-order valence-corrected chi connectivity index (χ4v) is 1.97. The van der Waals surface area contributed by atoms with Crippen molar-refractivity contribution < 1.29 is 9.84 Å². The van der Waals surface area contributed by atoms with Crippen molar-refractivity contribution in [2.24, 2.45) is 7.05 Å². The van der Waals surface area contributed by atoms with Crippen LogP contribution in [-0.4, -0.2) is 22.0 Å². The number of ether oxygens (including phenoxy) is 1. The second-order valence-electron chi connectivity index (χ2n) is 4.45. The van der Waals surface area contributed by atoms with Gasteiger partial charge in [-0.3, -0.25) is 4.68 Å². The van der Waals surface area contributed by atoms with E-state index in [1.807, 2.05) is 44.4 Å². The first kappa shape index (κ1) is 12.6. The molecule has 1 atom stereocenters. The van der Waals surface area contributed by atoms with E-state index >= 15 is 0 Å². The molecule has 2 aromatic rings. The third-order valence-corrected chi connectivity index (χ3v) is 2.92. The molecular weight excluding hydrogens is 228 g/mol. The van der Waals surface area contributed by atoms with Crippen molar-refractivity contribution >= 4 is 0 Å². The van der Waals surface area contributed by atoms with Gasteiger partial charge in [-0.2, -0.15) is 5.10 Å². The first-order valence-corrected chi connectivity index (χ1v) is 5.91. The van der Waals surface area contributed by atoms with Crippen LogP contribution in [0.4, 0.5) is 0 Å². The highest BCUT2D eigenvalue weighted by Crippen LogP contribution is 2.28. The van der Waals surface area contributed by atoms with Crippen LogP contribution in [0.25, 0.3) is 0 Å². The topological polar surface area (TPSA) is 47.3 Å². The molecule has 0 radical (unpaired) electrons. The number of aliphatic hydroxyl groups excluding tert-OH is 1. The molecule has 0 aliphatic rings. The highest BCUT2D eigenvalue weighted by atomic mass is 16.5. The fourth-order valence-electron chi connectivity index (χ4n) is 1.97. The summed E-state index contributed by atoms with van der Waals surface area (Å²) < 4.78 is 7.04. The van der Waals surface area contributed by atoms with Gasteiger partial charge in [0, 0.05) is 25.2 Å². The Morgan fingerprint density at radius 1 is 1.39 bits per heavy atom. The van der Waals surface area contributed by atoms with Crippen molar-refractivity contribution in [1.82, 2.24) is 9.78 Å². The second kappa shape index (κ2) is 5.23. The third-order valence-electron chi connectivity index (χ3n) is 2.92.